The van der Waals surface area contributed by atoms with E-state index in [9.17, 15) is 0 Å². The fourth-order valence-electron chi connectivity index (χ4n) is 9.90. The normalized spacial score (nSPS) is 13.3. The molecule has 1 aromatic heterocycles. The van der Waals surface area contributed by atoms with Gasteiger partial charge < -0.3 is 0 Å². The number of benzene rings is 10. The Hall–Kier alpha value is -6.54. The maximum absolute atomic E-state index is 2.50. The first-order valence-corrected chi connectivity index (χ1v) is 20.4. The molecule has 0 nitrogen and oxygen atoms in total. The first-order chi connectivity index (χ1) is 27.5. The number of hydrogen-bond donors (Lipinski definition) is 0. The molecule has 0 fully saturated rings. The van der Waals surface area contributed by atoms with Gasteiger partial charge in [0.15, 0.2) is 0 Å². The van der Waals surface area contributed by atoms with Crippen LogP contribution in [0.15, 0.2) is 182 Å². The quantitative estimate of drug-likeness (QED) is 0.159. The predicted octanol–water partition coefficient (Wildman–Crippen LogP) is 16.0. The first-order valence-electron chi connectivity index (χ1n) is 19.6. The van der Waals surface area contributed by atoms with Gasteiger partial charge in [-0.1, -0.05) is 166 Å². The minimum atomic E-state index is -0.0638. The van der Waals surface area contributed by atoms with Crippen molar-refractivity contribution in [2.24, 2.45) is 0 Å². The van der Waals surface area contributed by atoms with E-state index in [-0.39, 0.29) is 5.41 Å². The summed E-state index contributed by atoms with van der Waals surface area (Å²) in [4.78, 5) is 0. The van der Waals surface area contributed by atoms with E-state index in [1.54, 1.807) is 0 Å². The minimum absolute atomic E-state index is 0.0638. The van der Waals surface area contributed by atoms with E-state index in [1.165, 1.54) is 119 Å². The minimum Gasteiger partial charge on any atom is -0.135 e. The Morgan fingerprint density at radius 1 is 0.321 bits per heavy atom. The van der Waals surface area contributed by atoms with E-state index in [1.807, 2.05) is 11.3 Å². The van der Waals surface area contributed by atoms with Crippen LogP contribution in [0.1, 0.15) is 25.0 Å². The molecule has 56 heavy (non-hydrogen) atoms. The van der Waals surface area contributed by atoms with Crippen molar-refractivity contribution in [3.63, 3.8) is 0 Å². The molecule has 0 unspecified atom stereocenters. The molecule has 1 heteroatoms. The molecule has 0 bridgehead atoms. The van der Waals surface area contributed by atoms with Crippen molar-refractivity contribution in [2.45, 2.75) is 19.3 Å². The zero-order valence-corrected chi connectivity index (χ0v) is 32.0. The summed E-state index contributed by atoms with van der Waals surface area (Å²) in [5.41, 5.74) is 13.1. The average Bonchev–Trinajstić information content (AvgIpc) is 3.71. The van der Waals surface area contributed by atoms with Crippen molar-refractivity contribution in [1.82, 2.24) is 0 Å². The molecule has 262 valence electrons. The molecular weight excluding hydrogens is 693 g/mol. The Kier molecular flexibility index (Phi) is 6.66. The molecule has 12 rings (SSSR count). The molecule has 0 saturated heterocycles. The van der Waals surface area contributed by atoms with Crippen LogP contribution in [0.2, 0.25) is 0 Å². The van der Waals surface area contributed by atoms with E-state index in [0.717, 1.165) is 0 Å². The Balaban J connectivity index is 1.04. The van der Waals surface area contributed by atoms with Crippen molar-refractivity contribution in [3.8, 4) is 44.5 Å². The molecular formula is C55H36S. The predicted molar refractivity (Wildman–Crippen MR) is 243 cm³/mol. The van der Waals surface area contributed by atoms with Gasteiger partial charge in [0.05, 0.1) is 0 Å². The Bertz CT molecular complexity index is 3390. The van der Waals surface area contributed by atoms with Crippen LogP contribution in [0.4, 0.5) is 0 Å². The van der Waals surface area contributed by atoms with E-state index in [4.69, 9.17) is 0 Å². The molecule has 0 atom stereocenters. The van der Waals surface area contributed by atoms with Crippen molar-refractivity contribution in [1.29, 1.82) is 0 Å². The van der Waals surface area contributed by atoms with E-state index in [2.05, 4.69) is 196 Å². The number of fused-ring (bicyclic) bond motifs is 11. The fourth-order valence-corrected chi connectivity index (χ4v) is 11.1. The van der Waals surface area contributed by atoms with Crippen LogP contribution in [-0.2, 0) is 5.41 Å². The summed E-state index contributed by atoms with van der Waals surface area (Å²) < 4.78 is 2.68. The monoisotopic (exact) mass is 728 g/mol. The molecule has 0 radical (unpaired) electrons. The fraction of sp³-hybridized carbons (Fsp3) is 0.0545. The second-order valence-corrected chi connectivity index (χ2v) is 17.1. The van der Waals surface area contributed by atoms with Crippen molar-refractivity contribution in [3.05, 3.63) is 193 Å². The first kappa shape index (κ1) is 31.8. The highest BCUT2D eigenvalue weighted by atomic mass is 32.1. The SMILES string of the molecule is CC1(C)c2cc3c(cc2-c2c1ccc1ccccc21)sc1cc(-c2c4ccccc4c(-c4cccc(-c5ccc6ccccc6c5)c4)c4ccccc24)ccc13. The van der Waals surface area contributed by atoms with Crippen molar-refractivity contribution >= 4 is 74.6 Å². The van der Waals surface area contributed by atoms with Gasteiger partial charge in [0, 0.05) is 25.6 Å². The van der Waals surface area contributed by atoms with Crippen LogP contribution in [0.3, 0.4) is 0 Å². The van der Waals surface area contributed by atoms with Crippen LogP contribution in [0.5, 0.6) is 0 Å². The molecule has 0 aliphatic heterocycles. The van der Waals surface area contributed by atoms with E-state index >= 15 is 0 Å². The number of hydrogen-bond acceptors (Lipinski definition) is 1. The highest BCUT2D eigenvalue weighted by Gasteiger charge is 2.37. The second-order valence-electron chi connectivity index (χ2n) is 16.0. The van der Waals surface area contributed by atoms with Gasteiger partial charge in [-0.15, -0.1) is 11.3 Å². The molecule has 1 aliphatic carbocycles. The van der Waals surface area contributed by atoms with Gasteiger partial charge in [-0.25, -0.2) is 0 Å². The third-order valence-corrected chi connectivity index (χ3v) is 13.7. The maximum Gasteiger partial charge on any atom is 0.0361 e. The number of rotatable bonds is 3. The lowest BCUT2D eigenvalue weighted by molar-refractivity contribution is 0.662. The van der Waals surface area contributed by atoms with Crippen LogP contribution >= 0.6 is 11.3 Å². The third-order valence-electron chi connectivity index (χ3n) is 12.6. The Labute approximate surface area is 329 Å². The third kappa shape index (κ3) is 4.53. The van der Waals surface area contributed by atoms with Crippen LogP contribution in [0.25, 0.3) is 108 Å². The summed E-state index contributed by atoms with van der Waals surface area (Å²) in [7, 11) is 0. The molecule has 0 N–H and O–H groups in total. The summed E-state index contributed by atoms with van der Waals surface area (Å²) in [5.74, 6) is 0. The highest BCUT2D eigenvalue weighted by Crippen LogP contribution is 2.54. The van der Waals surface area contributed by atoms with Crippen molar-refractivity contribution < 1.29 is 0 Å². The van der Waals surface area contributed by atoms with Gasteiger partial charge in [-0.2, -0.15) is 0 Å². The zero-order valence-electron chi connectivity index (χ0n) is 31.2. The summed E-state index contributed by atoms with van der Waals surface area (Å²) in [6.07, 6.45) is 0. The molecule has 0 spiro atoms. The van der Waals surface area contributed by atoms with Gasteiger partial charge in [-0.05, 0) is 129 Å². The Morgan fingerprint density at radius 3 is 1.61 bits per heavy atom. The van der Waals surface area contributed by atoms with Crippen LogP contribution < -0.4 is 0 Å². The highest BCUT2D eigenvalue weighted by molar-refractivity contribution is 7.25. The lowest BCUT2D eigenvalue weighted by Gasteiger charge is -2.21. The van der Waals surface area contributed by atoms with Gasteiger partial charge in [-0.3, -0.25) is 0 Å². The van der Waals surface area contributed by atoms with Crippen LogP contribution in [0, 0.1) is 0 Å². The molecule has 11 aromatic rings. The van der Waals surface area contributed by atoms with E-state index in [0.29, 0.717) is 0 Å². The molecule has 0 amide bonds. The van der Waals surface area contributed by atoms with Crippen molar-refractivity contribution in [2.75, 3.05) is 0 Å². The lowest BCUT2D eigenvalue weighted by Crippen LogP contribution is -2.14. The molecule has 10 aromatic carbocycles. The summed E-state index contributed by atoms with van der Waals surface area (Å²) >= 11 is 1.93. The average molecular weight is 729 g/mol. The molecule has 1 aliphatic rings. The standard InChI is InChI=1S/C55H36S/c1-55(2)48-27-25-34-13-5-6-17-40(34)54(48)47-32-51-46(31-49(47)55)41-26-24-39(30-50(41)56-51)53-44-20-9-7-18-42(44)52(43-19-8-10-21-45(43)53)38-16-11-15-36(29-38)37-23-22-33-12-3-4-14-35(33)28-37/h3-32H,1-2H3. The summed E-state index contributed by atoms with van der Waals surface area (Å²) in [6, 6.07) is 68.2. The molecule has 0 saturated carbocycles. The van der Waals surface area contributed by atoms with Gasteiger partial charge in [0.1, 0.15) is 0 Å². The summed E-state index contributed by atoms with van der Waals surface area (Å²) in [5, 5.41) is 13.0. The van der Waals surface area contributed by atoms with Crippen LogP contribution in [-0.4, -0.2) is 0 Å². The maximum atomic E-state index is 2.50. The lowest BCUT2D eigenvalue weighted by atomic mass is 9.81. The smallest absolute Gasteiger partial charge is 0.0361 e. The number of thiophene rings is 1. The summed E-state index contributed by atoms with van der Waals surface area (Å²) in [6.45, 7) is 4.79. The molecule has 1 heterocycles. The van der Waals surface area contributed by atoms with Gasteiger partial charge >= 0.3 is 0 Å². The van der Waals surface area contributed by atoms with E-state index < -0.39 is 0 Å². The zero-order chi connectivity index (χ0) is 37.1. The largest absolute Gasteiger partial charge is 0.135 e. The Morgan fingerprint density at radius 2 is 0.875 bits per heavy atom. The topological polar surface area (TPSA) is 0 Å². The second kappa shape index (κ2) is 11.7. The van der Waals surface area contributed by atoms with Gasteiger partial charge in [0.2, 0.25) is 0 Å². The van der Waals surface area contributed by atoms with Gasteiger partial charge in [0.25, 0.3) is 0 Å².